The first-order chi connectivity index (χ1) is 43.1. The van der Waals surface area contributed by atoms with Crippen molar-refractivity contribution in [1.29, 1.82) is 0 Å². The molecule has 0 saturated heterocycles. The third kappa shape index (κ3) is 63.5. The first-order valence-electron chi connectivity index (χ1n) is 36.7. The van der Waals surface area contributed by atoms with E-state index in [9.17, 15) is 43.2 Å². The fraction of sp³-hybridized carbons (Fsp3) is 0.944. The van der Waals surface area contributed by atoms with Crippen molar-refractivity contribution in [2.24, 2.45) is 23.7 Å². The van der Waals surface area contributed by atoms with Gasteiger partial charge in [-0.1, -0.05) is 299 Å². The monoisotopic (exact) mass is 1320 g/mol. The van der Waals surface area contributed by atoms with E-state index in [1.54, 1.807) is 0 Å². The van der Waals surface area contributed by atoms with Crippen LogP contribution in [-0.4, -0.2) is 96.7 Å². The van der Waals surface area contributed by atoms with Gasteiger partial charge in [0.2, 0.25) is 0 Å². The predicted molar refractivity (Wildman–Crippen MR) is 363 cm³/mol. The molecule has 0 saturated carbocycles. The van der Waals surface area contributed by atoms with Gasteiger partial charge in [0.05, 0.1) is 26.4 Å². The van der Waals surface area contributed by atoms with Crippen molar-refractivity contribution in [3.63, 3.8) is 0 Å². The zero-order valence-electron chi connectivity index (χ0n) is 58.8. The highest BCUT2D eigenvalue weighted by molar-refractivity contribution is 7.47. The van der Waals surface area contributed by atoms with Crippen molar-refractivity contribution in [3.05, 3.63) is 0 Å². The molecule has 3 N–H and O–H groups in total. The van der Waals surface area contributed by atoms with Crippen LogP contribution in [0.15, 0.2) is 0 Å². The molecule has 0 aromatic carbocycles. The van der Waals surface area contributed by atoms with Crippen LogP contribution in [-0.2, 0) is 65.4 Å². The van der Waals surface area contributed by atoms with E-state index in [4.69, 9.17) is 37.0 Å². The summed E-state index contributed by atoms with van der Waals surface area (Å²) in [5, 5.41) is 10.6. The molecule has 0 spiro atoms. The minimum atomic E-state index is -4.95. The van der Waals surface area contributed by atoms with Gasteiger partial charge in [-0.3, -0.25) is 37.3 Å². The molecular formula is C71H138O17P2. The van der Waals surface area contributed by atoms with Crippen molar-refractivity contribution in [2.45, 2.75) is 369 Å². The number of aliphatic hydroxyl groups excluding tert-OH is 1. The van der Waals surface area contributed by atoms with E-state index in [-0.39, 0.29) is 25.7 Å². The van der Waals surface area contributed by atoms with Crippen LogP contribution < -0.4 is 0 Å². The van der Waals surface area contributed by atoms with Gasteiger partial charge in [-0.2, -0.15) is 0 Å². The summed E-state index contributed by atoms with van der Waals surface area (Å²) in [4.78, 5) is 72.5. The Labute approximate surface area is 549 Å². The summed E-state index contributed by atoms with van der Waals surface area (Å²) in [7, 11) is -9.90. The highest BCUT2D eigenvalue weighted by Gasteiger charge is 2.30. The van der Waals surface area contributed by atoms with Crippen LogP contribution in [0.2, 0.25) is 0 Å². The number of ether oxygens (including phenoxy) is 4. The topological polar surface area (TPSA) is 237 Å². The lowest BCUT2D eigenvalue weighted by Crippen LogP contribution is -2.30. The number of phosphoric acid groups is 2. The van der Waals surface area contributed by atoms with Gasteiger partial charge >= 0.3 is 39.5 Å². The molecule has 0 bridgehead atoms. The lowest BCUT2D eigenvalue weighted by Gasteiger charge is -2.21. The van der Waals surface area contributed by atoms with Crippen LogP contribution in [0.4, 0.5) is 0 Å². The number of phosphoric ester groups is 2. The Balaban J connectivity index is 5.22. The minimum Gasteiger partial charge on any atom is -0.462 e. The molecule has 0 rings (SSSR count). The summed E-state index contributed by atoms with van der Waals surface area (Å²) in [6, 6.07) is 0. The second-order valence-corrected chi connectivity index (χ2v) is 30.2. The number of esters is 4. The Hall–Kier alpha value is -1.94. The largest absolute Gasteiger partial charge is 0.472 e. The summed E-state index contributed by atoms with van der Waals surface area (Å²) < 4.78 is 68.3. The molecular weight excluding hydrogens is 1190 g/mol. The van der Waals surface area contributed by atoms with Gasteiger partial charge < -0.3 is 33.8 Å². The van der Waals surface area contributed by atoms with Crippen LogP contribution in [0, 0.1) is 23.7 Å². The van der Waals surface area contributed by atoms with E-state index in [2.05, 4.69) is 55.4 Å². The Morgan fingerprint density at radius 1 is 0.311 bits per heavy atom. The predicted octanol–water partition coefficient (Wildman–Crippen LogP) is 20.1. The Morgan fingerprint density at radius 3 is 0.789 bits per heavy atom. The summed E-state index contributed by atoms with van der Waals surface area (Å²) in [6.45, 7) is 14.1. The number of hydrogen-bond donors (Lipinski definition) is 3. The minimum absolute atomic E-state index is 0.105. The Bertz CT molecular complexity index is 1780. The molecule has 534 valence electrons. The first-order valence-corrected chi connectivity index (χ1v) is 39.7. The molecule has 0 aromatic rings. The summed E-state index contributed by atoms with van der Waals surface area (Å²) >= 11 is 0. The van der Waals surface area contributed by atoms with Crippen molar-refractivity contribution < 1.29 is 80.2 Å². The number of unbranched alkanes of at least 4 members (excludes halogenated alkanes) is 33. The van der Waals surface area contributed by atoms with Crippen LogP contribution in [0.3, 0.4) is 0 Å². The van der Waals surface area contributed by atoms with Gasteiger partial charge in [-0.05, 0) is 49.4 Å². The van der Waals surface area contributed by atoms with Crippen molar-refractivity contribution >= 4 is 39.5 Å². The number of carbonyl (C=O) groups excluding carboxylic acids is 4. The lowest BCUT2D eigenvalue weighted by atomic mass is 9.99. The molecule has 0 amide bonds. The van der Waals surface area contributed by atoms with Crippen LogP contribution >= 0.6 is 15.6 Å². The van der Waals surface area contributed by atoms with E-state index >= 15 is 0 Å². The molecule has 3 unspecified atom stereocenters. The van der Waals surface area contributed by atoms with E-state index in [1.807, 2.05) is 0 Å². The number of rotatable bonds is 68. The van der Waals surface area contributed by atoms with Crippen LogP contribution in [0.25, 0.3) is 0 Å². The summed E-state index contributed by atoms with van der Waals surface area (Å²) in [5.41, 5.74) is 0. The molecule has 90 heavy (non-hydrogen) atoms. The second-order valence-electron chi connectivity index (χ2n) is 27.3. The highest BCUT2D eigenvalue weighted by atomic mass is 31.2. The molecule has 0 fully saturated rings. The van der Waals surface area contributed by atoms with Gasteiger partial charge in [0.15, 0.2) is 12.2 Å². The average Bonchev–Trinajstić information content (AvgIpc) is 3.53. The second kappa shape index (κ2) is 60.7. The van der Waals surface area contributed by atoms with Gasteiger partial charge in [0, 0.05) is 25.7 Å². The maximum absolute atomic E-state index is 13.0. The summed E-state index contributed by atoms with van der Waals surface area (Å²) in [6.07, 6.45) is 43.2. The number of hydrogen-bond acceptors (Lipinski definition) is 15. The van der Waals surface area contributed by atoms with E-state index in [1.165, 1.54) is 141 Å². The van der Waals surface area contributed by atoms with Crippen molar-refractivity contribution in [3.8, 4) is 0 Å². The summed E-state index contributed by atoms with van der Waals surface area (Å²) in [5.74, 6) is 0.852. The Kier molecular flexibility index (Phi) is 59.4. The zero-order chi connectivity index (χ0) is 66.8. The van der Waals surface area contributed by atoms with Gasteiger partial charge in [0.1, 0.15) is 19.3 Å². The fourth-order valence-corrected chi connectivity index (χ4v) is 12.2. The fourth-order valence-electron chi connectivity index (χ4n) is 10.6. The lowest BCUT2D eigenvalue weighted by molar-refractivity contribution is -0.161. The quantitative estimate of drug-likeness (QED) is 0.0222. The first kappa shape index (κ1) is 88.1. The van der Waals surface area contributed by atoms with Crippen molar-refractivity contribution in [1.82, 2.24) is 0 Å². The molecule has 17 nitrogen and oxygen atoms in total. The highest BCUT2D eigenvalue weighted by Crippen LogP contribution is 2.45. The van der Waals surface area contributed by atoms with Gasteiger partial charge in [-0.25, -0.2) is 9.13 Å². The molecule has 0 aliphatic rings. The standard InChI is InChI=1S/C71H138O17P2/c1-9-64(8)50-42-34-25-19-16-17-21-27-38-46-54-71(76)87-66(57-81-68(73)51-43-35-28-22-24-32-40-48-62(4)5)59-85-89(77,78)83-55-65(72)56-84-90(79,80)86-60-67(58-82-69(74)52-44-36-30-29-33-41-49-63(6)7)88-70(75)53-45-37-26-20-15-13-11-10-12-14-18-23-31-39-47-61(2)3/h61-67,72H,9-60H2,1-8H3,(H,77,78)(H,79,80)/t64?,65-,66-,67-/m1/s1. The maximum Gasteiger partial charge on any atom is 0.472 e. The molecule has 0 aliphatic carbocycles. The van der Waals surface area contributed by atoms with Crippen LogP contribution in [0.1, 0.15) is 351 Å². The SMILES string of the molecule is CCC(C)CCCCCCCCCCCCC(=O)O[C@H](COC(=O)CCCCCCCCCC(C)C)COP(=O)(O)OC[C@@H](O)COP(=O)(O)OC[C@@H](COC(=O)CCCCCCCCC(C)C)OC(=O)CCCCCCCCCCCCCCCCC(C)C. The van der Waals surface area contributed by atoms with Crippen LogP contribution in [0.5, 0.6) is 0 Å². The molecule has 0 aromatic heterocycles. The van der Waals surface area contributed by atoms with E-state index in [0.29, 0.717) is 37.5 Å². The van der Waals surface area contributed by atoms with Gasteiger partial charge in [0.25, 0.3) is 0 Å². The van der Waals surface area contributed by atoms with E-state index in [0.717, 1.165) is 115 Å². The number of carbonyl (C=O) groups is 4. The zero-order valence-corrected chi connectivity index (χ0v) is 60.6. The smallest absolute Gasteiger partial charge is 0.462 e. The van der Waals surface area contributed by atoms with Gasteiger partial charge in [-0.15, -0.1) is 0 Å². The molecule has 6 atom stereocenters. The Morgan fingerprint density at radius 2 is 0.533 bits per heavy atom. The molecule has 19 heteroatoms. The van der Waals surface area contributed by atoms with Crippen molar-refractivity contribution in [2.75, 3.05) is 39.6 Å². The normalized spacial score (nSPS) is 14.6. The molecule has 0 aliphatic heterocycles. The molecule has 0 radical (unpaired) electrons. The average molecular weight is 1330 g/mol. The maximum atomic E-state index is 13.0. The third-order valence-electron chi connectivity index (χ3n) is 16.7. The third-order valence-corrected chi connectivity index (χ3v) is 18.6. The number of aliphatic hydroxyl groups is 1. The molecule has 0 heterocycles. The van der Waals surface area contributed by atoms with E-state index < -0.39 is 97.5 Å².